The van der Waals surface area contributed by atoms with Crippen LogP contribution in [0.5, 0.6) is 0 Å². The molecule has 0 spiro atoms. The molecule has 0 radical (unpaired) electrons. The average molecular weight is 245 g/mol. The third kappa shape index (κ3) is 1.93. The summed E-state index contributed by atoms with van der Waals surface area (Å²) >= 11 is 0. The second kappa shape index (κ2) is 4.73. The van der Waals surface area contributed by atoms with Crippen LogP contribution in [0.15, 0.2) is 30.3 Å². The summed E-state index contributed by atoms with van der Waals surface area (Å²) in [6.45, 7) is 0.536. The van der Waals surface area contributed by atoms with E-state index in [4.69, 9.17) is 0 Å². The number of aliphatic hydroxyl groups is 1. The number of aliphatic hydroxyl groups excluding tert-OH is 1. The highest BCUT2D eigenvalue weighted by molar-refractivity contribution is 5.81. The van der Waals surface area contributed by atoms with Gasteiger partial charge in [0.1, 0.15) is 6.23 Å². The van der Waals surface area contributed by atoms with Gasteiger partial charge < -0.3 is 10.0 Å². The van der Waals surface area contributed by atoms with Gasteiger partial charge in [0.2, 0.25) is 5.91 Å². The zero-order valence-corrected chi connectivity index (χ0v) is 10.5. The number of amides is 1. The van der Waals surface area contributed by atoms with Gasteiger partial charge in [0.15, 0.2) is 0 Å². The zero-order valence-electron chi connectivity index (χ0n) is 10.5. The molecule has 1 saturated carbocycles. The fourth-order valence-corrected chi connectivity index (χ4v) is 3.35. The van der Waals surface area contributed by atoms with Crippen LogP contribution in [0.2, 0.25) is 0 Å². The molecule has 3 atom stereocenters. The summed E-state index contributed by atoms with van der Waals surface area (Å²) in [4.78, 5) is 14.0. The topological polar surface area (TPSA) is 40.5 Å². The van der Waals surface area contributed by atoms with E-state index in [1.54, 1.807) is 4.90 Å². The lowest BCUT2D eigenvalue weighted by molar-refractivity contribution is -0.136. The quantitative estimate of drug-likeness (QED) is 0.867. The molecule has 1 unspecified atom stereocenters. The Morgan fingerprint density at radius 2 is 1.89 bits per heavy atom. The summed E-state index contributed by atoms with van der Waals surface area (Å²) < 4.78 is 0. The highest BCUT2D eigenvalue weighted by Gasteiger charge is 2.47. The fourth-order valence-electron chi connectivity index (χ4n) is 3.35. The third-order valence-corrected chi connectivity index (χ3v) is 4.32. The molecule has 1 amide bonds. The molecule has 3 nitrogen and oxygen atoms in total. The van der Waals surface area contributed by atoms with Crippen LogP contribution in [0.4, 0.5) is 0 Å². The molecule has 1 saturated heterocycles. The predicted molar refractivity (Wildman–Crippen MR) is 68.4 cm³/mol. The molecule has 3 rings (SSSR count). The summed E-state index contributed by atoms with van der Waals surface area (Å²) in [6, 6.07) is 9.90. The number of carbonyl (C=O) groups is 1. The molecule has 1 aliphatic carbocycles. The van der Waals surface area contributed by atoms with Crippen molar-refractivity contribution < 1.29 is 9.90 Å². The van der Waals surface area contributed by atoms with E-state index in [-0.39, 0.29) is 17.7 Å². The molecule has 1 aromatic carbocycles. The van der Waals surface area contributed by atoms with Crippen molar-refractivity contribution in [2.45, 2.75) is 38.5 Å². The molecule has 0 bridgehead atoms. The van der Waals surface area contributed by atoms with Gasteiger partial charge in [-0.25, -0.2) is 0 Å². The Hall–Kier alpha value is -1.35. The smallest absolute Gasteiger partial charge is 0.228 e. The summed E-state index contributed by atoms with van der Waals surface area (Å²) in [5.74, 6) is 0.378. The molecule has 1 aromatic rings. The maximum Gasteiger partial charge on any atom is 0.228 e. The van der Waals surface area contributed by atoms with Crippen LogP contribution in [0.1, 0.15) is 31.2 Å². The molecular weight excluding hydrogens is 226 g/mol. The van der Waals surface area contributed by atoms with Crippen molar-refractivity contribution in [1.82, 2.24) is 4.90 Å². The minimum Gasteiger partial charge on any atom is -0.373 e. The number of benzene rings is 1. The van der Waals surface area contributed by atoms with Crippen molar-refractivity contribution in [2.24, 2.45) is 11.8 Å². The molecule has 2 aliphatic rings. The number of nitrogens with zero attached hydrogens (tertiary/aromatic N) is 1. The Morgan fingerprint density at radius 3 is 2.61 bits per heavy atom. The molecule has 0 aromatic heterocycles. The lowest BCUT2D eigenvalue weighted by Crippen LogP contribution is -2.34. The second-order valence-electron chi connectivity index (χ2n) is 5.42. The van der Waals surface area contributed by atoms with E-state index in [0.717, 1.165) is 31.2 Å². The SMILES string of the molecule is O=C1[C@H]2CCCC[C@H]2C(O)N1Cc1ccccc1. The van der Waals surface area contributed by atoms with Gasteiger partial charge in [0.05, 0.1) is 0 Å². The molecule has 1 aliphatic heterocycles. The first-order valence-corrected chi connectivity index (χ1v) is 6.80. The first-order chi connectivity index (χ1) is 8.77. The first kappa shape index (κ1) is 11.7. The molecule has 96 valence electrons. The molecule has 1 heterocycles. The van der Waals surface area contributed by atoms with Crippen LogP contribution in [-0.2, 0) is 11.3 Å². The summed E-state index contributed by atoms with van der Waals surface area (Å²) in [5.41, 5.74) is 1.09. The van der Waals surface area contributed by atoms with E-state index in [9.17, 15) is 9.90 Å². The number of rotatable bonds is 2. The number of hydrogen-bond donors (Lipinski definition) is 1. The minimum atomic E-state index is -0.581. The summed E-state index contributed by atoms with van der Waals surface area (Å²) in [7, 11) is 0. The third-order valence-electron chi connectivity index (χ3n) is 4.32. The largest absolute Gasteiger partial charge is 0.373 e. The van der Waals surface area contributed by atoms with E-state index >= 15 is 0 Å². The predicted octanol–water partition coefficient (Wildman–Crippen LogP) is 2.15. The van der Waals surface area contributed by atoms with Gasteiger partial charge in [-0.3, -0.25) is 4.79 Å². The van der Waals surface area contributed by atoms with Crippen LogP contribution >= 0.6 is 0 Å². The molecule has 18 heavy (non-hydrogen) atoms. The van der Waals surface area contributed by atoms with Crippen molar-refractivity contribution in [1.29, 1.82) is 0 Å². The first-order valence-electron chi connectivity index (χ1n) is 6.80. The number of fused-ring (bicyclic) bond motifs is 1. The Morgan fingerprint density at radius 1 is 1.17 bits per heavy atom. The van der Waals surface area contributed by atoms with E-state index in [1.165, 1.54) is 0 Å². The van der Waals surface area contributed by atoms with Crippen molar-refractivity contribution in [2.75, 3.05) is 0 Å². The van der Waals surface area contributed by atoms with E-state index < -0.39 is 6.23 Å². The Labute approximate surface area is 107 Å². The number of hydrogen-bond acceptors (Lipinski definition) is 2. The van der Waals surface area contributed by atoms with Crippen LogP contribution < -0.4 is 0 Å². The van der Waals surface area contributed by atoms with Gasteiger partial charge in [-0.1, -0.05) is 43.2 Å². The lowest BCUT2D eigenvalue weighted by Gasteiger charge is -2.25. The van der Waals surface area contributed by atoms with Crippen molar-refractivity contribution in [3.8, 4) is 0 Å². The summed E-state index contributed by atoms with van der Waals surface area (Å²) in [6.07, 6.45) is 3.63. The molecule has 1 N–H and O–H groups in total. The van der Waals surface area contributed by atoms with E-state index in [1.807, 2.05) is 30.3 Å². The van der Waals surface area contributed by atoms with Gasteiger partial charge in [0, 0.05) is 18.4 Å². The van der Waals surface area contributed by atoms with Gasteiger partial charge >= 0.3 is 0 Å². The van der Waals surface area contributed by atoms with Crippen LogP contribution in [0.25, 0.3) is 0 Å². The fraction of sp³-hybridized carbons (Fsp3) is 0.533. The standard InChI is InChI=1S/C15H19NO2/c17-14-12-8-4-5-9-13(12)15(18)16(14)10-11-6-2-1-3-7-11/h1-3,6-7,12-14,17H,4-5,8-10H2/t12-,13+,14?/m1/s1. The van der Waals surface area contributed by atoms with Crippen molar-refractivity contribution in [3.63, 3.8) is 0 Å². The summed E-state index contributed by atoms with van der Waals surface area (Å²) in [5, 5.41) is 10.3. The Balaban J connectivity index is 1.78. The van der Waals surface area contributed by atoms with E-state index in [2.05, 4.69) is 0 Å². The second-order valence-corrected chi connectivity index (χ2v) is 5.42. The van der Waals surface area contributed by atoms with Crippen molar-refractivity contribution >= 4 is 5.91 Å². The van der Waals surface area contributed by atoms with Gasteiger partial charge in [-0.15, -0.1) is 0 Å². The lowest BCUT2D eigenvalue weighted by atomic mass is 9.81. The van der Waals surface area contributed by atoms with Gasteiger partial charge in [-0.2, -0.15) is 0 Å². The highest BCUT2D eigenvalue weighted by Crippen LogP contribution is 2.40. The van der Waals surface area contributed by atoms with Crippen LogP contribution in [0.3, 0.4) is 0 Å². The monoisotopic (exact) mass is 245 g/mol. The molecule has 2 fully saturated rings. The molecule has 3 heteroatoms. The normalized spacial score (nSPS) is 31.5. The maximum atomic E-state index is 12.3. The maximum absolute atomic E-state index is 12.3. The van der Waals surface area contributed by atoms with Crippen LogP contribution in [-0.4, -0.2) is 22.1 Å². The highest BCUT2D eigenvalue weighted by atomic mass is 16.3. The van der Waals surface area contributed by atoms with Gasteiger partial charge in [-0.05, 0) is 18.4 Å². The average Bonchev–Trinajstić information content (AvgIpc) is 2.66. The Bertz CT molecular complexity index is 431. The minimum absolute atomic E-state index is 0.0671. The van der Waals surface area contributed by atoms with Gasteiger partial charge in [0.25, 0.3) is 0 Å². The number of carbonyl (C=O) groups excluding carboxylic acids is 1. The molecular formula is C15H19NO2. The van der Waals surface area contributed by atoms with Crippen molar-refractivity contribution in [3.05, 3.63) is 35.9 Å². The zero-order chi connectivity index (χ0) is 12.5. The van der Waals surface area contributed by atoms with E-state index in [0.29, 0.717) is 6.54 Å². The number of likely N-dealkylation sites (tertiary alicyclic amines) is 1. The van der Waals surface area contributed by atoms with Crippen LogP contribution in [0, 0.1) is 11.8 Å². The Kier molecular flexibility index (Phi) is 3.08.